The first-order valence-electron chi connectivity index (χ1n) is 7.07. The molecular weight excluding hydrogens is 248 g/mol. The van der Waals surface area contributed by atoms with E-state index in [9.17, 15) is 5.11 Å². The van der Waals surface area contributed by atoms with Crippen LogP contribution in [0.4, 0.5) is 0 Å². The number of aryl methyl sites for hydroxylation is 2. The van der Waals surface area contributed by atoms with Crippen molar-refractivity contribution < 1.29 is 9.84 Å². The summed E-state index contributed by atoms with van der Waals surface area (Å²) < 4.78 is 5.24. The number of ether oxygens (including phenoxy) is 1. The Balaban J connectivity index is 1.88. The van der Waals surface area contributed by atoms with E-state index in [2.05, 4.69) is 24.3 Å². The number of rotatable bonds is 6. The average molecular weight is 270 g/mol. The minimum Gasteiger partial charge on any atom is -0.496 e. The third-order valence-corrected chi connectivity index (χ3v) is 3.59. The summed E-state index contributed by atoms with van der Waals surface area (Å²) in [5.74, 6) is 0.866. The molecule has 2 heteroatoms. The molecule has 2 aromatic carbocycles. The van der Waals surface area contributed by atoms with Crippen LogP contribution in [0.1, 0.15) is 35.6 Å². The van der Waals surface area contributed by atoms with Crippen molar-refractivity contribution >= 4 is 0 Å². The topological polar surface area (TPSA) is 29.5 Å². The lowest BCUT2D eigenvalue weighted by molar-refractivity contribution is 0.164. The molecule has 1 N–H and O–H groups in total. The molecule has 0 saturated heterocycles. The highest BCUT2D eigenvalue weighted by molar-refractivity contribution is 5.36. The van der Waals surface area contributed by atoms with Crippen molar-refractivity contribution in [3.05, 3.63) is 65.2 Å². The normalized spacial score (nSPS) is 12.2. The van der Waals surface area contributed by atoms with E-state index < -0.39 is 6.10 Å². The molecule has 0 heterocycles. The summed E-state index contributed by atoms with van der Waals surface area (Å²) in [6.45, 7) is 2.00. The second-order valence-corrected chi connectivity index (χ2v) is 5.12. The van der Waals surface area contributed by atoms with Gasteiger partial charge in [0.15, 0.2) is 0 Å². The summed E-state index contributed by atoms with van der Waals surface area (Å²) in [4.78, 5) is 0. The highest BCUT2D eigenvalue weighted by Crippen LogP contribution is 2.25. The van der Waals surface area contributed by atoms with Crippen LogP contribution in [0.25, 0.3) is 0 Å². The molecule has 0 spiro atoms. The second-order valence-electron chi connectivity index (χ2n) is 5.12. The van der Waals surface area contributed by atoms with E-state index in [-0.39, 0.29) is 0 Å². The van der Waals surface area contributed by atoms with Gasteiger partial charge in [-0.05, 0) is 55.0 Å². The quantitative estimate of drug-likeness (QED) is 0.857. The summed E-state index contributed by atoms with van der Waals surface area (Å²) in [7, 11) is 1.66. The summed E-state index contributed by atoms with van der Waals surface area (Å²) in [5, 5.41) is 10.2. The van der Waals surface area contributed by atoms with E-state index in [1.165, 1.54) is 5.56 Å². The fourth-order valence-electron chi connectivity index (χ4n) is 2.42. The van der Waals surface area contributed by atoms with E-state index in [0.29, 0.717) is 0 Å². The van der Waals surface area contributed by atoms with E-state index in [1.807, 2.05) is 31.2 Å². The van der Waals surface area contributed by atoms with Crippen molar-refractivity contribution in [3.63, 3.8) is 0 Å². The lowest BCUT2D eigenvalue weighted by atomic mass is 10.00. The van der Waals surface area contributed by atoms with Crippen molar-refractivity contribution in [2.75, 3.05) is 7.11 Å². The van der Waals surface area contributed by atoms with Crippen LogP contribution >= 0.6 is 0 Å². The van der Waals surface area contributed by atoms with E-state index in [4.69, 9.17) is 4.74 Å². The highest BCUT2D eigenvalue weighted by atomic mass is 16.5. The zero-order valence-corrected chi connectivity index (χ0v) is 12.2. The lowest BCUT2D eigenvalue weighted by Gasteiger charge is -2.13. The Labute approximate surface area is 121 Å². The highest BCUT2D eigenvalue weighted by Gasteiger charge is 2.09. The van der Waals surface area contributed by atoms with Crippen LogP contribution < -0.4 is 4.74 Å². The van der Waals surface area contributed by atoms with Crippen LogP contribution in [-0.4, -0.2) is 12.2 Å². The number of aliphatic hydroxyl groups is 1. The van der Waals surface area contributed by atoms with Crippen LogP contribution in [0.15, 0.2) is 48.5 Å². The molecule has 0 radical (unpaired) electrons. The van der Waals surface area contributed by atoms with Crippen LogP contribution in [0, 0.1) is 6.92 Å². The van der Waals surface area contributed by atoms with Crippen molar-refractivity contribution in [1.29, 1.82) is 0 Å². The third kappa shape index (κ3) is 3.84. The molecule has 1 atom stereocenters. The Hall–Kier alpha value is -1.80. The van der Waals surface area contributed by atoms with Gasteiger partial charge in [-0.2, -0.15) is 0 Å². The number of benzene rings is 2. The molecule has 2 nitrogen and oxygen atoms in total. The first-order chi connectivity index (χ1) is 9.70. The minimum absolute atomic E-state index is 0.400. The third-order valence-electron chi connectivity index (χ3n) is 3.59. The molecule has 0 aliphatic rings. The summed E-state index contributed by atoms with van der Waals surface area (Å²) in [6.07, 6.45) is 2.37. The van der Waals surface area contributed by atoms with Crippen molar-refractivity contribution in [2.24, 2.45) is 0 Å². The standard InChI is InChI=1S/C18H22O2/c1-14-13-16(11-12-18(14)20-2)17(19)10-6-9-15-7-4-3-5-8-15/h3-5,7-8,11-13,17,19H,6,9-10H2,1-2H3. The van der Waals surface area contributed by atoms with Gasteiger partial charge in [0.05, 0.1) is 13.2 Å². The molecular formula is C18H22O2. The molecule has 20 heavy (non-hydrogen) atoms. The molecule has 0 amide bonds. The maximum Gasteiger partial charge on any atom is 0.121 e. The van der Waals surface area contributed by atoms with Crippen LogP contribution in [0.2, 0.25) is 0 Å². The van der Waals surface area contributed by atoms with Gasteiger partial charge in [0.1, 0.15) is 5.75 Å². The predicted molar refractivity (Wildman–Crippen MR) is 82.1 cm³/mol. The summed E-state index contributed by atoms with van der Waals surface area (Å²) in [6, 6.07) is 16.3. The second kappa shape index (κ2) is 7.11. The van der Waals surface area contributed by atoms with Gasteiger partial charge in [0, 0.05) is 0 Å². The molecule has 2 rings (SSSR count). The average Bonchev–Trinajstić information content (AvgIpc) is 2.48. The number of aliphatic hydroxyl groups excluding tert-OH is 1. The maximum atomic E-state index is 10.2. The molecule has 0 aromatic heterocycles. The van der Waals surface area contributed by atoms with Gasteiger partial charge >= 0.3 is 0 Å². The van der Waals surface area contributed by atoms with Gasteiger partial charge < -0.3 is 9.84 Å². The zero-order chi connectivity index (χ0) is 14.4. The number of methoxy groups -OCH3 is 1. The Kier molecular flexibility index (Phi) is 5.19. The molecule has 0 aliphatic carbocycles. The van der Waals surface area contributed by atoms with E-state index in [0.717, 1.165) is 36.1 Å². The molecule has 0 bridgehead atoms. The first-order valence-corrected chi connectivity index (χ1v) is 7.07. The van der Waals surface area contributed by atoms with Crippen LogP contribution in [0.3, 0.4) is 0 Å². The SMILES string of the molecule is COc1ccc(C(O)CCCc2ccccc2)cc1C. The number of hydrogen-bond acceptors (Lipinski definition) is 2. The van der Waals surface area contributed by atoms with Crippen molar-refractivity contribution in [2.45, 2.75) is 32.3 Å². The van der Waals surface area contributed by atoms with Gasteiger partial charge in [0.25, 0.3) is 0 Å². The summed E-state index contributed by atoms with van der Waals surface area (Å²) in [5.41, 5.74) is 3.36. The molecule has 106 valence electrons. The zero-order valence-electron chi connectivity index (χ0n) is 12.2. The Bertz CT molecular complexity index is 534. The van der Waals surface area contributed by atoms with Crippen molar-refractivity contribution in [1.82, 2.24) is 0 Å². The smallest absolute Gasteiger partial charge is 0.121 e. The Morgan fingerprint density at radius 1 is 1.10 bits per heavy atom. The maximum absolute atomic E-state index is 10.2. The van der Waals surface area contributed by atoms with Gasteiger partial charge in [0.2, 0.25) is 0 Å². The molecule has 1 unspecified atom stereocenters. The fourth-order valence-corrected chi connectivity index (χ4v) is 2.42. The fraction of sp³-hybridized carbons (Fsp3) is 0.333. The van der Waals surface area contributed by atoms with Crippen LogP contribution in [0.5, 0.6) is 5.75 Å². The minimum atomic E-state index is -0.400. The first kappa shape index (κ1) is 14.6. The molecule has 0 saturated carbocycles. The predicted octanol–water partition coefficient (Wildman–Crippen LogP) is 4.06. The molecule has 0 fully saturated rings. The Morgan fingerprint density at radius 3 is 2.50 bits per heavy atom. The molecule has 0 aliphatic heterocycles. The van der Waals surface area contributed by atoms with Gasteiger partial charge in [-0.15, -0.1) is 0 Å². The molecule has 2 aromatic rings. The largest absolute Gasteiger partial charge is 0.496 e. The van der Waals surface area contributed by atoms with Gasteiger partial charge in [-0.1, -0.05) is 36.4 Å². The van der Waals surface area contributed by atoms with Gasteiger partial charge in [-0.25, -0.2) is 0 Å². The van der Waals surface area contributed by atoms with Gasteiger partial charge in [-0.3, -0.25) is 0 Å². The monoisotopic (exact) mass is 270 g/mol. The number of hydrogen-bond donors (Lipinski definition) is 1. The lowest BCUT2D eigenvalue weighted by Crippen LogP contribution is -2.00. The van der Waals surface area contributed by atoms with Crippen molar-refractivity contribution in [3.8, 4) is 5.75 Å². The van der Waals surface area contributed by atoms with E-state index in [1.54, 1.807) is 7.11 Å². The van der Waals surface area contributed by atoms with Crippen LogP contribution in [-0.2, 0) is 6.42 Å². The summed E-state index contributed by atoms with van der Waals surface area (Å²) >= 11 is 0. The Morgan fingerprint density at radius 2 is 1.85 bits per heavy atom. The van der Waals surface area contributed by atoms with E-state index >= 15 is 0 Å².